The molecule has 0 aliphatic carbocycles. The number of carbonyl (C=O) groups excluding carboxylic acids is 1. The van der Waals surface area contributed by atoms with Gasteiger partial charge in [-0.15, -0.1) is 0 Å². The van der Waals surface area contributed by atoms with Crippen molar-refractivity contribution < 1.29 is 22.7 Å². The third-order valence-electron chi connectivity index (χ3n) is 5.82. The number of nitrogens with one attached hydrogen (secondary N) is 2. The number of benzene rings is 2. The van der Waals surface area contributed by atoms with Crippen LogP contribution >= 0.6 is 0 Å². The number of hydrogen-bond donors (Lipinski definition) is 3. The number of nitrogen functional groups attached to an aromatic ring is 1. The van der Waals surface area contributed by atoms with Crippen molar-refractivity contribution in [3.63, 3.8) is 0 Å². The topological polar surface area (TPSA) is 126 Å². The normalized spacial score (nSPS) is 11.5. The molecule has 4 aromatic rings. The van der Waals surface area contributed by atoms with E-state index in [0.717, 1.165) is 5.56 Å². The summed E-state index contributed by atoms with van der Waals surface area (Å²) in [6.07, 6.45) is 2.82. The van der Waals surface area contributed by atoms with Gasteiger partial charge < -0.3 is 21.1 Å². The van der Waals surface area contributed by atoms with E-state index in [9.17, 15) is 23.2 Å². The molecule has 0 saturated heterocycles. The third kappa shape index (κ3) is 6.81. The van der Waals surface area contributed by atoms with Crippen LogP contribution in [0.5, 0.6) is 5.75 Å². The summed E-state index contributed by atoms with van der Waals surface area (Å²) in [6.45, 7) is -0.959. The first-order chi connectivity index (χ1) is 18.7. The maximum absolute atomic E-state index is 13.2. The summed E-state index contributed by atoms with van der Waals surface area (Å²) in [6, 6.07) is 17.4. The zero-order chi connectivity index (χ0) is 27.9. The fourth-order valence-electron chi connectivity index (χ4n) is 3.75. The molecule has 8 nitrogen and oxygen atoms in total. The Balaban J connectivity index is 1.47. The maximum Gasteiger partial charge on any atom is 0.387 e. The molecule has 2 aromatic carbocycles. The lowest BCUT2D eigenvalue weighted by Gasteiger charge is -2.16. The van der Waals surface area contributed by atoms with Gasteiger partial charge in [-0.05, 0) is 47.9 Å². The molecule has 0 aliphatic heterocycles. The van der Waals surface area contributed by atoms with Gasteiger partial charge in [0.15, 0.2) is 11.6 Å². The fraction of sp³-hybridized carbons (Fsp3) is 0.143. The quantitative estimate of drug-likeness (QED) is 0.262. The second kappa shape index (κ2) is 12.0. The fourth-order valence-corrected chi connectivity index (χ4v) is 3.75. The van der Waals surface area contributed by atoms with E-state index < -0.39 is 18.6 Å². The van der Waals surface area contributed by atoms with Crippen LogP contribution in [0.3, 0.4) is 0 Å². The first-order valence-electron chi connectivity index (χ1n) is 11.7. The Hall–Kier alpha value is -5.11. The van der Waals surface area contributed by atoms with Crippen LogP contribution in [0.15, 0.2) is 73.1 Å². The van der Waals surface area contributed by atoms with Gasteiger partial charge in [0.25, 0.3) is 5.91 Å². The molecule has 0 unspecified atom stereocenters. The van der Waals surface area contributed by atoms with Crippen molar-refractivity contribution in [2.75, 3.05) is 11.1 Å². The third-order valence-corrected chi connectivity index (χ3v) is 5.82. The first-order valence-corrected chi connectivity index (χ1v) is 11.7. The molecular weight excluding hydrogens is 509 g/mol. The van der Waals surface area contributed by atoms with Crippen molar-refractivity contribution in [2.24, 2.45) is 0 Å². The Labute approximate surface area is 222 Å². The van der Waals surface area contributed by atoms with E-state index in [2.05, 4.69) is 25.3 Å². The lowest BCUT2D eigenvalue weighted by Crippen LogP contribution is -2.28. The summed E-state index contributed by atoms with van der Waals surface area (Å²) < 4.78 is 42.9. The van der Waals surface area contributed by atoms with Crippen molar-refractivity contribution in [3.05, 3.63) is 101 Å². The number of alkyl halides is 2. The summed E-state index contributed by atoms with van der Waals surface area (Å²) in [7, 11) is 0. The van der Waals surface area contributed by atoms with Gasteiger partial charge in [0, 0.05) is 24.5 Å². The Bertz CT molecular complexity index is 1510. The predicted octanol–water partition coefficient (Wildman–Crippen LogP) is 5.44. The van der Waals surface area contributed by atoms with E-state index in [4.69, 9.17) is 5.73 Å². The molecule has 2 aromatic heterocycles. The molecule has 198 valence electrons. The van der Waals surface area contributed by atoms with Crippen molar-refractivity contribution in [1.82, 2.24) is 15.3 Å². The molecule has 0 radical (unpaired) electrons. The van der Waals surface area contributed by atoms with Gasteiger partial charge in [-0.25, -0.2) is 14.4 Å². The van der Waals surface area contributed by atoms with E-state index >= 15 is 0 Å². The number of amides is 1. The van der Waals surface area contributed by atoms with Crippen LogP contribution in [0.4, 0.5) is 24.8 Å². The monoisotopic (exact) mass is 532 g/mol. The van der Waals surface area contributed by atoms with E-state index in [0.29, 0.717) is 23.2 Å². The first kappa shape index (κ1) is 26.9. The van der Waals surface area contributed by atoms with Crippen LogP contribution in [0.1, 0.15) is 40.0 Å². The number of nitriles is 1. The number of hydrogen-bond acceptors (Lipinski definition) is 7. The second-order valence-electron chi connectivity index (χ2n) is 8.52. The van der Waals surface area contributed by atoms with Gasteiger partial charge in [0.2, 0.25) is 0 Å². The number of nitrogens with zero attached hydrogens (tertiary/aromatic N) is 3. The number of ether oxygens (including phenoxy) is 1. The van der Waals surface area contributed by atoms with Crippen LogP contribution in [0, 0.1) is 17.1 Å². The molecule has 0 aliphatic rings. The van der Waals surface area contributed by atoms with Gasteiger partial charge in [-0.3, -0.25) is 4.79 Å². The highest BCUT2D eigenvalue weighted by molar-refractivity contribution is 5.99. The Morgan fingerprint density at radius 1 is 1.05 bits per heavy atom. The van der Waals surface area contributed by atoms with Gasteiger partial charge in [0.05, 0.1) is 17.2 Å². The molecule has 2 heterocycles. The lowest BCUT2D eigenvalue weighted by molar-refractivity contribution is -0.0494. The van der Waals surface area contributed by atoms with E-state index in [-0.39, 0.29) is 34.3 Å². The highest BCUT2D eigenvalue weighted by Gasteiger charge is 2.17. The average Bonchev–Trinajstić information content (AvgIpc) is 2.93. The molecule has 1 amide bonds. The molecule has 11 heteroatoms. The summed E-state index contributed by atoms with van der Waals surface area (Å²) in [5.41, 5.74) is 8.80. The second-order valence-corrected chi connectivity index (χ2v) is 8.52. The van der Waals surface area contributed by atoms with Crippen molar-refractivity contribution in [2.45, 2.75) is 26.1 Å². The average molecular weight is 533 g/mol. The minimum Gasteiger partial charge on any atom is -0.431 e. The SMILES string of the molecule is C[C@H](NC(=O)c1cc(C#N)cnc1NCc1ccc(-c2cnc(N)c(OC(F)F)c2)cc1)c1ccc(F)cc1. The van der Waals surface area contributed by atoms with Crippen molar-refractivity contribution >= 4 is 17.5 Å². The number of aromatic nitrogens is 2. The van der Waals surface area contributed by atoms with Crippen LogP contribution in [0.25, 0.3) is 11.1 Å². The van der Waals surface area contributed by atoms with Gasteiger partial charge in [0.1, 0.15) is 17.7 Å². The molecule has 0 spiro atoms. The van der Waals surface area contributed by atoms with Crippen molar-refractivity contribution in [3.8, 4) is 22.9 Å². The Kier molecular flexibility index (Phi) is 8.26. The standard InChI is InChI=1S/C28H23F3N6O2/c1-16(19-6-8-22(29)9-7-19)37-27(38)23-10-18(12-32)14-36-26(23)35-13-17-2-4-20(5-3-17)21-11-24(39-28(30)31)25(33)34-15-21/h2-11,14-16,28H,13H2,1H3,(H2,33,34)(H,35,36)(H,37,38)/t16-/m0/s1. The largest absolute Gasteiger partial charge is 0.431 e. The van der Waals surface area contributed by atoms with E-state index in [1.807, 2.05) is 18.2 Å². The van der Waals surface area contributed by atoms with Gasteiger partial charge in [-0.2, -0.15) is 14.0 Å². The molecule has 0 bridgehead atoms. The van der Waals surface area contributed by atoms with Crippen LogP contribution in [-0.2, 0) is 6.54 Å². The lowest BCUT2D eigenvalue weighted by atomic mass is 10.1. The number of pyridine rings is 2. The van der Waals surface area contributed by atoms with E-state index in [1.165, 1.54) is 36.7 Å². The summed E-state index contributed by atoms with van der Waals surface area (Å²) >= 11 is 0. The van der Waals surface area contributed by atoms with Crippen molar-refractivity contribution in [1.29, 1.82) is 5.26 Å². The van der Waals surface area contributed by atoms with Crippen LogP contribution in [0.2, 0.25) is 0 Å². The highest BCUT2D eigenvalue weighted by atomic mass is 19.3. The summed E-state index contributed by atoms with van der Waals surface area (Å²) in [4.78, 5) is 21.2. The highest BCUT2D eigenvalue weighted by Crippen LogP contribution is 2.28. The number of carbonyl (C=O) groups is 1. The minimum atomic E-state index is -3.02. The summed E-state index contributed by atoms with van der Waals surface area (Å²) in [5, 5.41) is 15.3. The molecule has 1 atom stereocenters. The molecule has 0 saturated carbocycles. The zero-order valence-corrected chi connectivity index (χ0v) is 20.7. The van der Waals surface area contributed by atoms with Crippen LogP contribution < -0.4 is 21.1 Å². The molecule has 4 rings (SSSR count). The Morgan fingerprint density at radius 3 is 2.44 bits per heavy atom. The number of halogens is 3. The molecule has 4 N–H and O–H groups in total. The van der Waals surface area contributed by atoms with Gasteiger partial charge in [-0.1, -0.05) is 36.4 Å². The predicted molar refractivity (Wildman–Crippen MR) is 139 cm³/mol. The van der Waals surface area contributed by atoms with Crippen LogP contribution in [-0.4, -0.2) is 22.5 Å². The number of rotatable bonds is 9. The minimum absolute atomic E-state index is 0.137. The number of anilines is 2. The van der Waals surface area contributed by atoms with Gasteiger partial charge >= 0.3 is 6.61 Å². The summed E-state index contributed by atoms with van der Waals surface area (Å²) in [5.74, 6) is -0.898. The molecule has 39 heavy (non-hydrogen) atoms. The number of nitrogens with two attached hydrogens (primary N) is 1. The molecular formula is C28H23F3N6O2. The smallest absolute Gasteiger partial charge is 0.387 e. The molecule has 0 fully saturated rings. The van der Waals surface area contributed by atoms with E-state index in [1.54, 1.807) is 31.2 Å². The Morgan fingerprint density at radius 2 is 1.77 bits per heavy atom. The maximum atomic E-state index is 13.2. The zero-order valence-electron chi connectivity index (χ0n) is 20.7.